The van der Waals surface area contributed by atoms with Crippen LogP contribution in [0.3, 0.4) is 0 Å². The Bertz CT molecular complexity index is 340. The van der Waals surface area contributed by atoms with E-state index in [0.717, 1.165) is 0 Å². The fraction of sp³-hybridized carbons (Fsp3) is 0.455. The molecule has 0 bridgehead atoms. The van der Waals surface area contributed by atoms with E-state index in [1.807, 2.05) is 0 Å². The number of aliphatic hydroxyl groups excluding tert-OH is 1. The molecule has 0 saturated carbocycles. The molecule has 0 aliphatic rings. The van der Waals surface area contributed by atoms with E-state index in [1.165, 1.54) is 12.1 Å². The van der Waals surface area contributed by atoms with Gasteiger partial charge in [0.15, 0.2) is 11.6 Å². The van der Waals surface area contributed by atoms with Gasteiger partial charge in [-0.2, -0.15) is 0 Å². The minimum atomic E-state index is -0.841. The highest BCUT2D eigenvalue weighted by atomic mass is 19.2. The SMILES string of the molecule is CN(C)c1cc(F)c(F)cc1CCCO. The first-order valence-corrected chi connectivity index (χ1v) is 4.82. The lowest BCUT2D eigenvalue weighted by atomic mass is 10.1. The standard InChI is InChI=1S/C11H15F2NO/c1-14(2)11-7-10(13)9(12)6-8(11)4-3-5-15/h6-7,15H,3-5H2,1-2H3. The third-order valence-corrected chi connectivity index (χ3v) is 2.21. The Morgan fingerprint density at radius 3 is 2.33 bits per heavy atom. The zero-order chi connectivity index (χ0) is 11.4. The largest absolute Gasteiger partial charge is 0.396 e. The van der Waals surface area contributed by atoms with E-state index in [2.05, 4.69) is 0 Å². The summed E-state index contributed by atoms with van der Waals surface area (Å²) in [5, 5.41) is 8.70. The van der Waals surface area contributed by atoms with Crippen molar-refractivity contribution in [2.75, 3.05) is 25.6 Å². The molecular formula is C11H15F2NO. The Labute approximate surface area is 88.1 Å². The van der Waals surface area contributed by atoms with Gasteiger partial charge >= 0.3 is 0 Å². The average Bonchev–Trinajstić information content (AvgIpc) is 2.19. The van der Waals surface area contributed by atoms with E-state index in [9.17, 15) is 8.78 Å². The predicted octanol–water partition coefficient (Wildman–Crippen LogP) is 1.96. The topological polar surface area (TPSA) is 23.5 Å². The normalized spacial score (nSPS) is 10.5. The van der Waals surface area contributed by atoms with Gasteiger partial charge in [-0.15, -0.1) is 0 Å². The molecule has 0 aliphatic carbocycles. The number of nitrogens with zero attached hydrogens (tertiary/aromatic N) is 1. The van der Waals surface area contributed by atoms with E-state index < -0.39 is 11.6 Å². The van der Waals surface area contributed by atoms with Crippen molar-refractivity contribution in [1.29, 1.82) is 0 Å². The van der Waals surface area contributed by atoms with Gasteiger partial charge in [0.25, 0.3) is 0 Å². The summed E-state index contributed by atoms with van der Waals surface area (Å²) >= 11 is 0. The maximum absolute atomic E-state index is 13.0. The lowest BCUT2D eigenvalue weighted by Gasteiger charge is -2.17. The first-order valence-electron chi connectivity index (χ1n) is 4.82. The third-order valence-electron chi connectivity index (χ3n) is 2.21. The summed E-state index contributed by atoms with van der Waals surface area (Å²) in [7, 11) is 3.55. The maximum Gasteiger partial charge on any atom is 0.160 e. The number of aryl methyl sites for hydroxylation is 1. The van der Waals surface area contributed by atoms with E-state index in [4.69, 9.17) is 5.11 Å². The van der Waals surface area contributed by atoms with Crippen LogP contribution in [0.4, 0.5) is 14.5 Å². The second-order valence-corrected chi connectivity index (χ2v) is 3.62. The molecule has 1 aromatic rings. The Morgan fingerprint density at radius 1 is 1.20 bits per heavy atom. The Hall–Kier alpha value is -1.16. The van der Waals surface area contributed by atoms with E-state index >= 15 is 0 Å². The Kier molecular flexibility index (Phi) is 4.03. The van der Waals surface area contributed by atoms with Crippen LogP contribution in [0.25, 0.3) is 0 Å². The van der Waals surface area contributed by atoms with Crippen molar-refractivity contribution in [3.8, 4) is 0 Å². The molecule has 0 radical (unpaired) electrons. The van der Waals surface area contributed by atoms with Crippen LogP contribution >= 0.6 is 0 Å². The van der Waals surface area contributed by atoms with Gasteiger partial charge in [0.2, 0.25) is 0 Å². The van der Waals surface area contributed by atoms with E-state index in [-0.39, 0.29) is 6.61 Å². The van der Waals surface area contributed by atoms with Crippen molar-refractivity contribution >= 4 is 5.69 Å². The summed E-state index contributed by atoms with van der Waals surface area (Å²) in [5.74, 6) is -1.68. The monoisotopic (exact) mass is 215 g/mol. The molecule has 1 aromatic carbocycles. The van der Waals surface area contributed by atoms with Crippen LogP contribution in [0.5, 0.6) is 0 Å². The lowest BCUT2D eigenvalue weighted by Crippen LogP contribution is -2.12. The minimum Gasteiger partial charge on any atom is -0.396 e. The summed E-state index contributed by atoms with van der Waals surface area (Å²) < 4.78 is 26.0. The van der Waals surface area contributed by atoms with Gasteiger partial charge in [-0.3, -0.25) is 0 Å². The molecule has 1 N–H and O–H groups in total. The van der Waals surface area contributed by atoms with Gasteiger partial charge in [-0.25, -0.2) is 8.78 Å². The van der Waals surface area contributed by atoms with Crippen LogP contribution in [0, 0.1) is 11.6 Å². The van der Waals surface area contributed by atoms with Crippen molar-refractivity contribution in [2.24, 2.45) is 0 Å². The van der Waals surface area contributed by atoms with E-state index in [1.54, 1.807) is 19.0 Å². The number of rotatable bonds is 4. The first-order chi connectivity index (χ1) is 7.06. The zero-order valence-corrected chi connectivity index (χ0v) is 8.93. The van der Waals surface area contributed by atoms with Gasteiger partial charge in [0.05, 0.1) is 0 Å². The number of hydrogen-bond donors (Lipinski definition) is 1. The molecule has 1 rings (SSSR count). The molecule has 84 valence electrons. The highest BCUT2D eigenvalue weighted by Gasteiger charge is 2.10. The van der Waals surface area contributed by atoms with Crippen LogP contribution in [-0.4, -0.2) is 25.8 Å². The second kappa shape index (κ2) is 5.07. The fourth-order valence-electron chi connectivity index (χ4n) is 1.46. The van der Waals surface area contributed by atoms with Gasteiger partial charge < -0.3 is 10.0 Å². The molecule has 0 aliphatic heterocycles. The number of aliphatic hydroxyl groups is 1. The summed E-state index contributed by atoms with van der Waals surface area (Å²) in [6.45, 7) is 0.0475. The first kappa shape index (κ1) is 11.9. The molecule has 0 saturated heterocycles. The van der Waals surface area contributed by atoms with E-state index in [0.29, 0.717) is 24.1 Å². The van der Waals surface area contributed by atoms with Crippen LogP contribution in [-0.2, 0) is 6.42 Å². The summed E-state index contributed by atoms with van der Waals surface area (Å²) in [6, 6.07) is 2.38. The highest BCUT2D eigenvalue weighted by Crippen LogP contribution is 2.23. The highest BCUT2D eigenvalue weighted by molar-refractivity contribution is 5.53. The Balaban J connectivity index is 3.04. The fourth-order valence-corrected chi connectivity index (χ4v) is 1.46. The number of anilines is 1. The molecule has 0 amide bonds. The molecule has 4 heteroatoms. The quantitative estimate of drug-likeness (QED) is 0.829. The molecule has 0 atom stereocenters. The van der Waals surface area contributed by atoms with Crippen molar-refractivity contribution in [1.82, 2.24) is 0 Å². The smallest absolute Gasteiger partial charge is 0.160 e. The van der Waals surface area contributed by atoms with Crippen molar-refractivity contribution in [3.05, 3.63) is 29.3 Å². The van der Waals surface area contributed by atoms with Gasteiger partial charge in [-0.1, -0.05) is 0 Å². The molecule has 0 fully saturated rings. The Morgan fingerprint density at radius 2 is 1.80 bits per heavy atom. The number of benzene rings is 1. The van der Waals surface area contributed by atoms with Crippen molar-refractivity contribution in [2.45, 2.75) is 12.8 Å². The maximum atomic E-state index is 13.0. The van der Waals surface area contributed by atoms with Crippen molar-refractivity contribution in [3.63, 3.8) is 0 Å². The third kappa shape index (κ3) is 2.89. The van der Waals surface area contributed by atoms with Crippen LogP contribution < -0.4 is 4.90 Å². The van der Waals surface area contributed by atoms with Gasteiger partial charge in [0, 0.05) is 32.5 Å². The molecular weight excluding hydrogens is 200 g/mol. The average molecular weight is 215 g/mol. The molecule has 0 unspecified atom stereocenters. The van der Waals surface area contributed by atoms with Gasteiger partial charge in [-0.05, 0) is 24.5 Å². The molecule has 2 nitrogen and oxygen atoms in total. The zero-order valence-electron chi connectivity index (χ0n) is 8.93. The molecule has 0 aromatic heterocycles. The lowest BCUT2D eigenvalue weighted by molar-refractivity contribution is 0.288. The summed E-state index contributed by atoms with van der Waals surface area (Å²) in [6.07, 6.45) is 1.09. The number of halogens is 2. The number of hydrogen-bond acceptors (Lipinski definition) is 2. The summed E-state index contributed by atoms with van der Waals surface area (Å²) in [4.78, 5) is 1.73. The second-order valence-electron chi connectivity index (χ2n) is 3.62. The predicted molar refractivity (Wildman–Crippen MR) is 56.1 cm³/mol. The summed E-state index contributed by atoms with van der Waals surface area (Å²) in [5.41, 5.74) is 1.37. The van der Waals surface area contributed by atoms with Crippen LogP contribution in [0.2, 0.25) is 0 Å². The van der Waals surface area contributed by atoms with Gasteiger partial charge in [0.1, 0.15) is 0 Å². The molecule has 15 heavy (non-hydrogen) atoms. The minimum absolute atomic E-state index is 0.0475. The van der Waals surface area contributed by atoms with Crippen LogP contribution in [0.1, 0.15) is 12.0 Å². The van der Waals surface area contributed by atoms with Crippen molar-refractivity contribution < 1.29 is 13.9 Å². The van der Waals surface area contributed by atoms with Crippen LogP contribution in [0.15, 0.2) is 12.1 Å². The molecule has 0 heterocycles. The molecule has 0 spiro atoms.